The molecule has 0 radical (unpaired) electrons. The van der Waals surface area contributed by atoms with Crippen LogP contribution in [-0.2, 0) is 11.2 Å². The summed E-state index contributed by atoms with van der Waals surface area (Å²) in [7, 11) is 0. The molecule has 0 bridgehead atoms. The molecule has 118 valence electrons. The van der Waals surface area contributed by atoms with Crippen LogP contribution in [0.1, 0.15) is 50.5 Å². The number of fused-ring (bicyclic) bond motifs is 1. The predicted molar refractivity (Wildman–Crippen MR) is 85.9 cm³/mol. The summed E-state index contributed by atoms with van der Waals surface area (Å²) in [6.07, 6.45) is 9.41. The van der Waals surface area contributed by atoms with Gasteiger partial charge in [0.2, 0.25) is 5.91 Å². The molecule has 0 N–H and O–H groups in total. The SMILES string of the molecule is O=C1C(CC2Cc3ccccc3O2)CCN1C1CCCCC1. The highest BCUT2D eigenvalue weighted by molar-refractivity contribution is 5.81. The lowest BCUT2D eigenvalue weighted by molar-refractivity contribution is -0.134. The molecule has 3 aliphatic rings. The number of likely N-dealkylation sites (tertiary alicyclic amines) is 1. The van der Waals surface area contributed by atoms with Crippen LogP contribution < -0.4 is 4.74 Å². The Morgan fingerprint density at radius 1 is 1.09 bits per heavy atom. The van der Waals surface area contributed by atoms with E-state index in [1.54, 1.807) is 0 Å². The van der Waals surface area contributed by atoms with Gasteiger partial charge in [-0.2, -0.15) is 0 Å². The zero-order valence-corrected chi connectivity index (χ0v) is 13.2. The number of hydrogen-bond donors (Lipinski definition) is 0. The average molecular weight is 299 g/mol. The molecule has 2 unspecified atom stereocenters. The topological polar surface area (TPSA) is 29.5 Å². The van der Waals surface area contributed by atoms with Crippen molar-refractivity contribution in [2.45, 2.75) is 63.5 Å². The molecule has 2 heterocycles. The normalized spacial score (nSPS) is 28.7. The molecule has 2 atom stereocenters. The van der Waals surface area contributed by atoms with Crippen molar-refractivity contribution in [3.8, 4) is 5.75 Å². The Balaban J connectivity index is 1.36. The fraction of sp³-hybridized carbons (Fsp3) is 0.632. The van der Waals surface area contributed by atoms with E-state index >= 15 is 0 Å². The summed E-state index contributed by atoms with van der Waals surface area (Å²) in [5, 5.41) is 0. The van der Waals surface area contributed by atoms with E-state index in [0.717, 1.165) is 31.6 Å². The third kappa shape index (κ3) is 2.62. The molecule has 1 amide bonds. The summed E-state index contributed by atoms with van der Waals surface area (Å²) < 4.78 is 6.03. The number of nitrogens with zero attached hydrogens (tertiary/aromatic N) is 1. The highest BCUT2D eigenvalue weighted by Crippen LogP contribution is 2.35. The molecular formula is C19H25NO2. The van der Waals surface area contributed by atoms with Gasteiger partial charge in [-0.15, -0.1) is 0 Å². The van der Waals surface area contributed by atoms with Gasteiger partial charge in [-0.05, 0) is 37.3 Å². The summed E-state index contributed by atoms with van der Waals surface area (Å²) in [4.78, 5) is 14.9. The van der Waals surface area contributed by atoms with Gasteiger partial charge in [-0.3, -0.25) is 4.79 Å². The first-order chi connectivity index (χ1) is 10.8. The van der Waals surface area contributed by atoms with Crippen LogP contribution in [0.3, 0.4) is 0 Å². The number of carbonyl (C=O) groups excluding carboxylic acids is 1. The first-order valence-corrected chi connectivity index (χ1v) is 8.86. The van der Waals surface area contributed by atoms with Crippen LogP contribution in [0.25, 0.3) is 0 Å². The van der Waals surface area contributed by atoms with Gasteiger partial charge < -0.3 is 9.64 Å². The average Bonchev–Trinajstić information content (AvgIpc) is 3.12. The molecule has 0 spiro atoms. The number of carbonyl (C=O) groups is 1. The van der Waals surface area contributed by atoms with Gasteiger partial charge in [0.15, 0.2) is 0 Å². The minimum Gasteiger partial charge on any atom is -0.490 e. The second-order valence-electron chi connectivity index (χ2n) is 7.10. The molecule has 22 heavy (non-hydrogen) atoms. The maximum Gasteiger partial charge on any atom is 0.226 e. The number of ether oxygens (including phenoxy) is 1. The largest absolute Gasteiger partial charge is 0.490 e. The lowest BCUT2D eigenvalue weighted by Gasteiger charge is -2.31. The van der Waals surface area contributed by atoms with Gasteiger partial charge in [0.25, 0.3) is 0 Å². The van der Waals surface area contributed by atoms with Crippen LogP contribution in [0.5, 0.6) is 5.75 Å². The summed E-state index contributed by atoms with van der Waals surface area (Å²) in [5.74, 6) is 1.59. The Hall–Kier alpha value is -1.51. The van der Waals surface area contributed by atoms with E-state index in [9.17, 15) is 4.79 Å². The maximum absolute atomic E-state index is 12.7. The molecule has 1 aliphatic carbocycles. The number of amides is 1. The molecule has 2 aliphatic heterocycles. The number of para-hydroxylation sites is 1. The van der Waals surface area contributed by atoms with Gasteiger partial charge in [-0.25, -0.2) is 0 Å². The highest BCUT2D eigenvalue weighted by Gasteiger charge is 2.38. The Bertz CT molecular complexity index is 525. The van der Waals surface area contributed by atoms with E-state index in [4.69, 9.17) is 4.74 Å². The third-order valence-corrected chi connectivity index (χ3v) is 5.63. The molecular weight excluding hydrogens is 274 g/mol. The van der Waals surface area contributed by atoms with Crippen molar-refractivity contribution in [1.82, 2.24) is 4.90 Å². The first-order valence-electron chi connectivity index (χ1n) is 8.86. The van der Waals surface area contributed by atoms with Gasteiger partial charge >= 0.3 is 0 Å². The van der Waals surface area contributed by atoms with Crippen molar-refractivity contribution in [2.75, 3.05) is 6.54 Å². The van der Waals surface area contributed by atoms with Crippen LogP contribution in [0.2, 0.25) is 0 Å². The number of rotatable bonds is 3. The van der Waals surface area contributed by atoms with Crippen LogP contribution in [0.4, 0.5) is 0 Å². The van der Waals surface area contributed by atoms with Crippen LogP contribution in [-0.4, -0.2) is 29.5 Å². The Labute approximate surface area is 132 Å². The summed E-state index contributed by atoms with van der Waals surface area (Å²) in [6.45, 7) is 0.966. The molecule has 0 aromatic heterocycles. The Kier molecular flexibility index (Phi) is 3.81. The fourth-order valence-corrected chi connectivity index (χ4v) is 4.44. The van der Waals surface area contributed by atoms with Crippen molar-refractivity contribution < 1.29 is 9.53 Å². The van der Waals surface area contributed by atoms with E-state index < -0.39 is 0 Å². The lowest BCUT2D eigenvalue weighted by atomic mass is 9.94. The predicted octanol–water partition coefficient (Wildman–Crippen LogP) is 3.56. The summed E-state index contributed by atoms with van der Waals surface area (Å²) in [6, 6.07) is 8.79. The lowest BCUT2D eigenvalue weighted by Crippen LogP contribution is -2.39. The Morgan fingerprint density at radius 2 is 1.91 bits per heavy atom. The zero-order chi connectivity index (χ0) is 14.9. The van der Waals surface area contributed by atoms with Crippen molar-refractivity contribution in [1.29, 1.82) is 0 Å². The monoisotopic (exact) mass is 299 g/mol. The maximum atomic E-state index is 12.7. The van der Waals surface area contributed by atoms with E-state index in [1.807, 2.05) is 12.1 Å². The van der Waals surface area contributed by atoms with Crippen molar-refractivity contribution in [3.05, 3.63) is 29.8 Å². The summed E-state index contributed by atoms with van der Waals surface area (Å²) in [5.41, 5.74) is 1.29. The molecule has 4 rings (SSSR count). The zero-order valence-electron chi connectivity index (χ0n) is 13.2. The molecule has 1 saturated carbocycles. The van der Waals surface area contributed by atoms with Crippen LogP contribution in [0, 0.1) is 5.92 Å². The quantitative estimate of drug-likeness (QED) is 0.854. The Morgan fingerprint density at radius 3 is 2.73 bits per heavy atom. The second-order valence-corrected chi connectivity index (χ2v) is 7.10. The first kappa shape index (κ1) is 14.1. The van der Waals surface area contributed by atoms with E-state index in [-0.39, 0.29) is 12.0 Å². The number of hydrogen-bond acceptors (Lipinski definition) is 2. The molecule has 1 aromatic rings. The molecule has 3 heteroatoms. The van der Waals surface area contributed by atoms with Gasteiger partial charge in [-0.1, -0.05) is 37.5 Å². The molecule has 1 aromatic carbocycles. The van der Waals surface area contributed by atoms with E-state index in [2.05, 4.69) is 17.0 Å². The van der Waals surface area contributed by atoms with E-state index in [0.29, 0.717) is 11.9 Å². The standard InChI is InChI=1S/C19H25NO2/c21-19-15(10-11-20(19)16-7-2-1-3-8-16)13-17-12-14-6-4-5-9-18(14)22-17/h4-6,9,15-17H,1-3,7-8,10-13H2. The van der Waals surface area contributed by atoms with Gasteiger partial charge in [0.05, 0.1) is 0 Å². The third-order valence-electron chi connectivity index (χ3n) is 5.63. The van der Waals surface area contributed by atoms with Crippen molar-refractivity contribution in [2.24, 2.45) is 5.92 Å². The molecule has 1 saturated heterocycles. The van der Waals surface area contributed by atoms with Crippen molar-refractivity contribution in [3.63, 3.8) is 0 Å². The summed E-state index contributed by atoms with van der Waals surface area (Å²) >= 11 is 0. The minimum atomic E-state index is 0.182. The molecule has 3 nitrogen and oxygen atoms in total. The smallest absolute Gasteiger partial charge is 0.226 e. The number of benzene rings is 1. The highest BCUT2D eigenvalue weighted by atomic mass is 16.5. The minimum absolute atomic E-state index is 0.182. The van der Waals surface area contributed by atoms with Gasteiger partial charge in [0, 0.05) is 24.9 Å². The molecule has 2 fully saturated rings. The second kappa shape index (κ2) is 5.94. The van der Waals surface area contributed by atoms with Crippen LogP contribution in [0.15, 0.2) is 24.3 Å². The van der Waals surface area contributed by atoms with Crippen LogP contribution >= 0.6 is 0 Å². The van der Waals surface area contributed by atoms with E-state index in [1.165, 1.54) is 37.7 Å². The fourth-order valence-electron chi connectivity index (χ4n) is 4.44. The van der Waals surface area contributed by atoms with Crippen molar-refractivity contribution >= 4 is 5.91 Å². The van der Waals surface area contributed by atoms with Gasteiger partial charge in [0.1, 0.15) is 11.9 Å².